The van der Waals surface area contributed by atoms with Crippen molar-refractivity contribution in [2.24, 2.45) is 0 Å². The number of quaternary nitrogens is 1. The fraction of sp³-hybridized carbons (Fsp3) is 0.250. The molecule has 5 heteroatoms. The van der Waals surface area contributed by atoms with E-state index in [0.29, 0.717) is 0 Å². The molecule has 1 fully saturated rings. The molecule has 1 aliphatic rings. The minimum Gasteiger partial charge on any atom is -0.870 e. The van der Waals surface area contributed by atoms with Crippen molar-refractivity contribution in [3.05, 3.63) is 54.6 Å². The number of nitrogens with zero attached hydrogens (tertiary/aromatic N) is 2. The van der Waals surface area contributed by atoms with E-state index in [0.717, 1.165) is 31.9 Å². The van der Waals surface area contributed by atoms with Gasteiger partial charge in [0.05, 0.1) is 0 Å². The normalized spacial score (nSPS) is 14.1. The summed E-state index contributed by atoms with van der Waals surface area (Å²) < 4.78 is 0. The van der Waals surface area contributed by atoms with Gasteiger partial charge in [-0.3, -0.25) is 0 Å². The molecule has 0 atom stereocenters. The molecular formula is C16H23N3O2. The van der Waals surface area contributed by atoms with Gasteiger partial charge >= 0.3 is 0 Å². The summed E-state index contributed by atoms with van der Waals surface area (Å²) in [5, 5.41) is 0. The summed E-state index contributed by atoms with van der Waals surface area (Å²) in [6.45, 7) is 4.31. The monoisotopic (exact) mass is 289 g/mol. The zero-order valence-corrected chi connectivity index (χ0v) is 12.1. The molecule has 2 aromatic carbocycles. The third kappa shape index (κ3) is 3.95. The average Bonchev–Trinajstić information content (AvgIpc) is 2.49. The lowest BCUT2D eigenvalue weighted by molar-refractivity contribution is -0.254. The van der Waals surface area contributed by atoms with Crippen LogP contribution in [-0.2, 0) is 0 Å². The van der Waals surface area contributed by atoms with Gasteiger partial charge in [0.15, 0.2) is 0 Å². The Kier molecular flexibility index (Phi) is 6.17. The van der Waals surface area contributed by atoms with Crippen molar-refractivity contribution >= 4 is 17.1 Å². The van der Waals surface area contributed by atoms with Crippen LogP contribution in [0.15, 0.2) is 54.6 Å². The lowest BCUT2D eigenvalue weighted by Crippen LogP contribution is -2.46. The lowest BCUT2D eigenvalue weighted by atomic mass is 10.2. The minimum atomic E-state index is 0. The topological polar surface area (TPSA) is 95.6 Å². The zero-order valence-electron chi connectivity index (χ0n) is 12.1. The summed E-state index contributed by atoms with van der Waals surface area (Å²) in [4.78, 5) is 4.89. The molecule has 0 saturated carbocycles. The molecule has 21 heavy (non-hydrogen) atoms. The van der Waals surface area contributed by atoms with E-state index < -0.39 is 0 Å². The van der Waals surface area contributed by atoms with E-state index in [1.165, 1.54) is 11.4 Å². The van der Waals surface area contributed by atoms with Crippen molar-refractivity contribution in [3.8, 4) is 0 Å². The highest BCUT2D eigenvalue weighted by Gasteiger charge is 2.17. The maximum Gasteiger partial charge on any atom is 0.128 e. The molecule has 0 spiro atoms. The highest BCUT2D eigenvalue weighted by atomic mass is 16.0. The van der Waals surface area contributed by atoms with Gasteiger partial charge < -0.3 is 26.5 Å². The highest BCUT2D eigenvalue weighted by Crippen LogP contribution is 2.20. The first kappa shape index (κ1) is 17.0. The SMILES string of the molecule is O.[NH3+]c1ccc(N2CCN(c3ccccc3)CC2)cc1.[OH-]. The van der Waals surface area contributed by atoms with Crippen molar-refractivity contribution in [3.63, 3.8) is 0 Å². The van der Waals surface area contributed by atoms with E-state index in [2.05, 4.69) is 70.1 Å². The summed E-state index contributed by atoms with van der Waals surface area (Å²) in [5.74, 6) is 0. The van der Waals surface area contributed by atoms with Crippen LogP contribution >= 0.6 is 0 Å². The van der Waals surface area contributed by atoms with Crippen LogP contribution in [0.3, 0.4) is 0 Å². The van der Waals surface area contributed by atoms with Crippen LogP contribution in [0.4, 0.5) is 17.1 Å². The van der Waals surface area contributed by atoms with Crippen molar-refractivity contribution < 1.29 is 16.7 Å². The molecule has 6 N–H and O–H groups in total. The van der Waals surface area contributed by atoms with Crippen LogP contribution in [0.5, 0.6) is 0 Å². The van der Waals surface area contributed by atoms with Gasteiger partial charge in [0.25, 0.3) is 0 Å². The first-order valence-corrected chi connectivity index (χ1v) is 6.80. The van der Waals surface area contributed by atoms with Crippen molar-refractivity contribution in [1.29, 1.82) is 0 Å². The first-order chi connectivity index (χ1) is 9.33. The van der Waals surface area contributed by atoms with Crippen LogP contribution in [0.1, 0.15) is 0 Å². The van der Waals surface area contributed by atoms with Crippen LogP contribution in [0, 0.1) is 0 Å². The average molecular weight is 289 g/mol. The molecule has 0 radical (unpaired) electrons. The molecule has 0 unspecified atom stereocenters. The maximum absolute atomic E-state index is 3.93. The number of anilines is 2. The predicted molar refractivity (Wildman–Crippen MR) is 85.4 cm³/mol. The van der Waals surface area contributed by atoms with Crippen LogP contribution in [0.25, 0.3) is 0 Å². The standard InChI is InChI=1S/C16H19N3.2H2O/c17-14-6-8-16(9-7-14)19-12-10-18(11-13-19)15-4-2-1-3-5-15;;/h1-9H,10-13,17H2;2*1H2. The van der Waals surface area contributed by atoms with Crippen LogP contribution < -0.4 is 15.5 Å². The first-order valence-electron chi connectivity index (χ1n) is 6.80. The van der Waals surface area contributed by atoms with Gasteiger partial charge in [-0.15, -0.1) is 0 Å². The van der Waals surface area contributed by atoms with Gasteiger partial charge in [0.2, 0.25) is 0 Å². The van der Waals surface area contributed by atoms with Crippen molar-refractivity contribution in [2.75, 3.05) is 36.0 Å². The number of benzene rings is 2. The molecular weight excluding hydrogens is 266 g/mol. The fourth-order valence-corrected chi connectivity index (χ4v) is 2.57. The van der Waals surface area contributed by atoms with Gasteiger partial charge in [-0.1, -0.05) is 18.2 Å². The van der Waals surface area contributed by atoms with Crippen LogP contribution in [0.2, 0.25) is 0 Å². The maximum atomic E-state index is 3.93. The predicted octanol–water partition coefficient (Wildman–Crippen LogP) is 0.885. The second-order valence-corrected chi connectivity index (χ2v) is 4.98. The minimum absolute atomic E-state index is 0. The molecule has 1 aliphatic heterocycles. The highest BCUT2D eigenvalue weighted by molar-refractivity contribution is 5.53. The largest absolute Gasteiger partial charge is 0.870 e. The number of rotatable bonds is 2. The van der Waals surface area contributed by atoms with E-state index in [1.54, 1.807) is 0 Å². The molecule has 0 aromatic heterocycles. The number of piperazine rings is 1. The van der Waals surface area contributed by atoms with Crippen molar-refractivity contribution in [1.82, 2.24) is 0 Å². The Morgan fingerprint density at radius 1 is 0.667 bits per heavy atom. The van der Waals surface area contributed by atoms with Crippen molar-refractivity contribution in [2.45, 2.75) is 0 Å². The summed E-state index contributed by atoms with van der Waals surface area (Å²) in [5.41, 5.74) is 7.64. The quantitative estimate of drug-likeness (QED) is 0.889. The Labute approximate surface area is 125 Å². The molecule has 114 valence electrons. The molecule has 1 heterocycles. The molecule has 0 bridgehead atoms. The summed E-state index contributed by atoms with van der Waals surface area (Å²) >= 11 is 0. The molecule has 2 aromatic rings. The fourth-order valence-electron chi connectivity index (χ4n) is 2.57. The Morgan fingerprint density at radius 2 is 1.10 bits per heavy atom. The van der Waals surface area contributed by atoms with E-state index in [4.69, 9.17) is 0 Å². The van der Waals surface area contributed by atoms with Gasteiger partial charge in [0, 0.05) is 49.7 Å². The smallest absolute Gasteiger partial charge is 0.128 e. The summed E-state index contributed by atoms with van der Waals surface area (Å²) in [7, 11) is 0. The molecule has 0 amide bonds. The van der Waals surface area contributed by atoms with Gasteiger partial charge in [-0.25, -0.2) is 0 Å². The van der Waals surface area contributed by atoms with E-state index in [1.807, 2.05) is 0 Å². The number of para-hydroxylation sites is 1. The van der Waals surface area contributed by atoms with Gasteiger partial charge in [-0.2, -0.15) is 0 Å². The molecule has 0 aliphatic carbocycles. The zero-order chi connectivity index (χ0) is 13.1. The lowest BCUT2D eigenvalue weighted by Gasteiger charge is -2.37. The van der Waals surface area contributed by atoms with E-state index >= 15 is 0 Å². The second kappa shape index (κ2) is 7.64. The Hall–Kier alpha value is -2.08. The third-order valence-electron chi connectivity index (χ3n) is 3.70. The number of hydrogen-bond acceptors (Lipinski definition) is 3. The van der Waals surface area contributed by atoms with E-state index in [-0.39, 0.29) is 11.0 Å². The molecule has 3 rings (SSSR count). The number of hydrogen-bond donors (Lipinski definition) is 1. The van der Waals surface area contributed by atoms with Gasteiger partial charge in [0.1, 0.15) is 5.69 Å². The van der Waals surface area contributed by atoms with Crippen LogP contribution in [-0.4, -0.2) is 37.1 Å². The van der Waals surface area contributed by atoms with E-state index in [9.17, 15) is 0 Å². The summed E-state index contributed by atoms with van der Waals surface area (Å²) in [6.07, 6.45) is 0. The Balaban J connectivity index is 0.00000110. The second-order valence-electron chi connectivity index (χ2n) is 4.98. The Morgan fingerprint density at radius 3 is 1.57 bits per heavy atom. The molecule has 1 saturated heterocycles. The Bertz CT molecular complexity index is 523. The third-order valence-corrected chi connectivity index (χ3v) is 3.70. The van der Waals surface area contributed by atoms with Gasteiger partial charge in [-0.05, 0) is 24.3 Å². The molecule has 5 nitrogen and oxygen atoms in total. The summed E-state index contributed by atoms with van der Waals surface area (Å²) in [6, 6.07) is 19.2.